The van der Waals surface area contributed by atoms with Gasteiger partial charge in [-0.15, -0.1) is 0 Å². The molecular weight excluding hydrogens is 310 g/mol. The summed E-state index contributed by atoms with van der Waals surface area (Å²) in [4.78, 5) is 20.5. The number of aromatic carboxylic acids is 1. The topological polar surface area (TPSA) is 86.0 Å². The highest BCUT2D eigenvalue weighted by Gasteiger charge is 2.55. The van der Waals surface area contributed by atoms with Gasteiger partial charge in [-0.1, -0.05) is 0 Å². The van der Waals surface area contributed by atoms with E-state index in [1.165, 1.54) is 6.20 Å². The monoisotopic (exact) mass is 331 g/mol. The van der Waals surface area contributed by atoms with Crippen LogP contribution in [0.25, 0.3) is 5.78 Å². The van der Waals surface area contributed by atoms with Gasteiger partial charge in [-0.25, -0.2) is 9.78 Å². The van der Waals surface area contributed by atoms with E-state index in [2.05, 4.69) is 16.9 Å². The normalized spacial score (nSPS) is 28.8. The minimum atomic E-state index is -1.06. The Bertz CT molecular complexity index is 819. The van der Waals surface area contributed by atoms with Gasteiger partial charge in [0.25, 0.3) is 0 Å². The lowest BCUT2D eigenvalue weighted by atomic mass is 9.84. The van der Waals surface area contributed by atoms with Gasteiger partial charge >= 0.3 is 5.97 Å². The zero-order valence-corrected chi connectivity index (χ0v) is 14.1. The van der Waals surface area contributed by atoms with Gasteiger partial charge in [-0.2, -0.15) is 4.98 Å². The van der Waals surface area contributed by atoms with E-state index in [1.54, 1.807) is 4.40 Å². The highest BCUT2D eigenvalue weighted by atomic mass is 16.5. The summed E-state index contributed by atoms with van der Waals surface area (Å²) in [5, 5.41) is 9.42. The van der Waals surface area contributed by atoms with Gasteiger partial charge in [-0.05, 0) is 40.0 Å². The van der Waals surface area contributed by atoms with Gasteiger partial charge in [0.05, 0.1) is 24.0 Å². The molecule has 1 saturated carbocycles. The van der Waals surface area contributed by atoms with Crippen LogP contribution in [-0.4, -0.2) is 43.8 Å². The van der Waals surface area contributed by atoms with Crippen LogP contribution in [0.1, 0.15) is 56.1 Å². The van der Waals surface area contributed by atoms with Crippen molar-refractivity contribution in [1.82, 2.24) is 14.4 Å². The Morgan fingerprint density at radius 1 is 1.38 bits per heavy atom. The number of fused-ring (bicyclic) bond motifs is 3. The predicted molar refractivity (Wildman–Crippen MR) is 85.6 cm³/mol. The molecule has 2 aromatic heterocycles. The van der Waals surface area contributed by atoms with E-state index in [9.17, 15) is 9.90 Å². The Morgan fingerprint density at radius 2 is 2.17 bits per heavy atom. The van der Waals surface area contributed by atoms with Crippen LogP contribution in [0.2, 0.25) is 0 Å². The molecule has 128 valence electrons. The third-order valence-electron chi connectivity index (χ3n) is 5.08. The lowest BCUT2D eigenvalue weighted by molar-refractivity contribution is -0.00627. The molecule has 3 heterocycles. The third-order valence-corrected chi connectivity index (χ3v) is 5.08. The average Bonchev–Trinajstić information content (AvgIpc) is 3.15. The second-order valence-electron chi connectivity index (χ2n) is 7.46. The summed E-state index contributed by atoms with van der Waals surface area (Å²) in [5.74, 6) is -0.495. The molecule has 4 rings (SSSR count). The Morgan fingerprint density at radius 3 is 2.71 bits per heavy atom. The molecule has 2 aromatic rings. The van der Waals surface area contributed by atoms with Gasteiger partial charge in [0.2, 0.25) is 11.7 Å². The summed E-state index contributed by atoms with van der Waals surface area (Å²) in [5.41, 5.74) is 0.831. The Labute approximate surface area is 139 Å². The Kier molecular flexibility index (Phi) is 3.16. The van der Waals surface area contributed by atoms with E-state index in [4.69, 9.17) is 9.47 Å². The number of imidazole rings is 1. The summed E-state index contributed by atoms with van der Waals surface area (Å²) in [7, 11) is 0. The number of rotatable bonds is 4. The van der Waals surface area contributed by atoms with E-state index in [0.717, 1.165) is 25.0 Å². The lowest BCUT2D eigenvalue weighted by Crippen LogP contribution is -2.26. The zero-order valence-electron chi connectivity index (χ0n) is 14.1. The van der Waals surface area contributed by atoms with Crippen LogP contribution in [0, 0.1) is 0 Å². The predicted octanol–water partition coefficient (Wildman–Crippen LogP) is 2.43. The van der Waals surface area contributed by atoms with Gasteiger partial charge in [0, 0.05) is 17.8 Å². The number of carboxylic acid groups (broad SMARTS) is 1. The highest BCUT2D eigenvalue weighted by molar-refractivity contribution is 5.90. The van der Waals surface area contributed by atoms with Gasteiger partial charge < -0.3 is 14.6 Å². The van der Waals surface area contributed by atoms with Crippen LogP contribution in [0.4, 0.5) is 0 Å². The third kappa shape index (κ3) is 2.26. The van der Waals surface area contributed by atoms with Crippen molar-refractivity contribution < 1.29 is 19.4 Å². The van der Waals surface area contributed by atoms with Crippen molar-refractivity contribution in [1.29, 1.82) is 0 Å². The molecule has 1 saturated heterocycles. The zero-order chi connectivity index (χ0) is 17.1. The Balaban J connectivity index is 1.80. The van der Waals surface area contributed by atoms with E-state index in [1.807, 2.05) is 20.0 Å². The van der Waals surface area contributed by atoms with Crippen molar-refractivity contribution in [2.45, 2.75) is 57.2 Å². The van der Waals surface area contributed by atoms with Crippen molar-refractivity contribution >= 4 is 11.7 Å². The number of hydrogen-bond acceptors (Lipinski definition) is 5. The molecule has 2 aliphatic rings. The first-order valence-electron chi connectivity index (χ1n) is 8.24. The fraction of sp³-hybridized carbons (Fsp3) is 0.588. The maximum absolute atomic E-state index is 11.5. The second kappa shape index (κ2) is 4.92. The molecule has 2 atom stereocenters. The maximum atomic E-state index is 11.5. The van der Waals surface area contributed by atoms with Crippen LogP contribution in [-0.2, 0) is 10.2 Å². The fourth-order valence-corrected chi connectivity index (χ4v) is 3.87. The maximum Gasteiger partial charge on any atom is 0.342 e. The summed E-state index contributed by atoms with van der Waals surface area (Å²) in [6.45, 7) is 6.48. The van der Waals surface area contributed by atoms with Crippen molar-refractivity contribution in [3.05, 3.63) is 23.7 Å². The minimum Gasteiger partial charge on any atom is -0.477 e. The van der Waals surface area contributed by atoms with E-state index < -0.39 is 5.97 Å². The fourth-order valence-electron chi connectivity index (χ4n) is 3.87. The number of carboxylic acids is 1. The smallest absolute Gasteiger partial charge is 0.342 e. The van der Waals surface area contributed by atoms with Crippen molar-refractivity contribution in [2.24, 2.45) is 0 Å². The first-order valence-corrected chi connectivity index (χ1v) is 8.24. The lowest BCUT2D eigenvalue weighted by Gasteiger charge is -2.24. The first-order chi connectivity index (χ1) is 11.3. The molecule has 1 aliphatic heterocycles. The number of hydrogen-bond donors (Lipinski definition) is 1. The molecule has 2 fully saturated rings. The molecule has 0 aromatic carbocycles. The summed E-state index contributed by atoms with van der Waals surface area (Å²) >= 11 is 0. The quantitative estimate of drug-likeness (QED) is 0.926. The van der Waals surface area contributed by atoms with Crippen LogP contribution in [0.5, 0.6) is 5.88 Å². The molecular formula is C17H21N3O4. The molecule has 1 aliphatic carbocycles. The van der Waals surface area contributed by atoms with Crippen molar-refractivity contribution in [2.75, 3.05) is 6.61 Å². The Hall–Kier alpha value is -2.15. The molecule has 7 nitrogen and oxygen atoms in total. The van der Waals surface area contributed by atoms with Gasteiger partial charge in [0.15, 0.2) is 0 Å². The number of aromatic nitrogens is 3. The van der Waals surface area contributed by atoms with E-state index in [0.29, 0.717) is 12.4 Å². The van der Waals surface area contributed by atoms with Crippen molar-refractivity contribution in [3.8, 4) is 5.88 Å². The molecule has 0 unspecified atom stereocenters. The minimum absolute atomic E-state index is 0.0385. The molecule has 2 bridgehead atoms. The van der Waals surface area contributed by atoms with Crippen LogP contribution in [0.3, 0.4) is 0 Å². The molecule has 1 N–H and O–H groups in total. The summed E-state index contributed by atoms with van der Waals surface area (Å²) in [6, 6.07) is 0. The summed E-state index contributed by atoms with van der Waals surface area (Å²) < 4.78 is 13.2. The van der Waals surface area contributed by atoms with Gasteiger partial charge in [0.1, 0.15) is 5.56 Å². The molecule has 24 heavy (non-hydrogen) atoms. The van der Waals surface area contributed by atoms with Crippen LogP contribution < -0.4 is 4.74 Å². The standard InChI is InChI=1S/C17H21N3O4/c1-10(2)24-13-11(14(21)22)6-20-7-12(18-15(20)19-13)17-5-4-16(3,8-17)23-9-17/h6-7,10H,4-5,8-9H2,1-3H3,(H,21,22)/t16-,17-/m0/s1. The van der Waals surface area contributed by atoms with Crippen LogP contribution >= 0.6 is 0 Å². The van der Waals surface area contributed by atoms with E-state index in [-0.39, 0.29) is 28.6 Å². The number of nitrogens with zero attached hydrogens (tertiary/aromatic N) is 3. The molecule has 0 radical (unpaired) electrons. The molecule has 7 heteroatoms. The number of carbonyl (C=O) groups is 1. The number of ether oxygens (including phenoxy) is 2. The SMILES string of the molecule is CC(C)Oc1nc2nc([C@@]34CC[C@@](C)(C3)OC4)cn2cc1C(=O)O. The van der Waals surface area contributed by atoms with Crippen molar-refractivity contribution in [3.63, 3.8) is 0 Å². The second-order valence-corrected chi connectivity index (χ2v) is 7.46. The van der Waals surface area contributed by atoms with Crippen LogP contribution in [0.15, 0.2) is 12.4 Å². The average molecular weight is 331 g/mol. The van der Waals surface area contributed by atoms with E-state index >= 15 is 0 Å². The molecule has 0 spiro atoms. The summed E-state index contributed by atoms with van der Waals surface area (Å²) in [6.07, 6.45) is 6.26. The highest BCUT2D eigenvalue weighted by Crippen LogP contribution is 2.53. The van der Waals surface area contributed by atoms with Gasteiger partial charge in [-0.3, -0.25) is 4.40 Å². The largest absolute Gasteiger partial charge is 0.477 e. The first kappa shape index (κ1) is 15.4. The molecule has 0 amide bonds.